The highest BCUT2D eigenvalue weighted by Gasteiger charge is 2.17. The van der Waals surface area contributed by atoms with Crippen LogP contribution in [0.15, 0.2) is 82.7 Å². The summed E-state index contributed by atoms with van der Waals surface area (Å²) >= 11 is 1.22. The number of thioether (sulfide) groups is 1. The summed E-state index contributed by atoms with van der Waals surface area (Å²) < 4.78 is 6.99. The quantitative estimate of drug-likeness (QED) is 0.330. The number of carbonyl (C=O) groups is 1. The highest BCUT2D eigenvalue weighted by Crippen LogP contribution is 2.27. The van der Waals surface area contributed by atoms with E-state index in [-0.39, 0.29) is 17.2 Å². The first-order valence-electron chi connectivity index (χ1n) is 10.3. The second kappa shape index (κ2) is 9.70. The van der Waals surface area contributed by atoms with Crippen molar-refractivity contribution >= 4 is 34.3 Å². The van der Waals surface area contributed by atoms with Crippen LogP contribution in [-0.2, 0) is 11.2 Å². The second-order valence-corrected chi connectivity index (χ2v) is 8.01. The van der Waals surface area contributed by atoms with Crippen LogP contribution < -0.4 is 15.6 Å². The number of amides is 1. The molecular formula is C25H23N3O3S. The lowest BCUT2D eigenvalue weighted by molar-refractivity contribution is -0.113. The van der Waals surface area contributed by atoms with E-state index in [1.807, 2.05) is 55.5 Å². The summed E-state index contributed by atoms with van der Waals surface area (Å²) in [5.41, 5.74) is 2.83. The highest BCUT2D eigenvalue weighted by atomic mass is 32.2. The molecule has 7 heteroatoms. The van der Waals surface area contributed by atoms with Gasteiger partial charge in [0.05, 0.1) is 29.5 Å². The van der Waals surface area contributed by atoms with Crippen molar-refractivity contribution in [3.05, 3.63) is 88.7 Å². The van der Waals surface area contributed by atoms with Gasteiger partial charge in [-0.3, -0.25) is 14.2 Å². The van der Waals surface area contributed by atoms with E-state index in [0.29, 0.717) is 27.5 Å². The zero-order chi connectivity index (χ0) is 22.5. The molecule has 0 atom stereocenters. The third-order valence-electron chi connectivity index (χ3n) is 5.08. The van der Waals surface area contributed by atoms with Gasteiger partial charge >= 0.3 is 0 Å². The van der Waals surface area contributed by atoms with Crippen LogP contribution in [0.4, 0.5) is 5.69 Å². The van der Waals surface area contributed by atoms with Gasteiger partial charge in [-0.1, -0.05) is 61.2 Å². The van der Waals surface area contributed by atoms with Crippen molar-refractivity contribution in [1.82, 2.24) is 9.55 Å². The lowest BCUT2D eigenvalue weighted by atomic mass is 10.1. The van der Waals surface area contributed by atoms with Crippen LogP contribution in [0, 0.1) is 0 Å². The van der Waals surface area contributed by atoms with Crippen LogP contribution >= 0.6 is 11.8 Å². The number of fused-ring (bicyclic) bond motifs is 1. The highest BCUT2D eigenvalue weighted by molar-refractivity contribution is 7.99. The van der Waals surface area contributed by atoms with E-state index in [2.05, 4.69) is 5.32 Å². The van der Waals surface area contributed by atoms with Gasteiger partial charge in [0.1, 0.15) is 5.75 Å². The Morgan fingerprint density at radius 3 is 2.56 bits per heavy atom. The maximum atomic E-state index is 13.4. The zero-order valence-electron chi connectivity index (χ0n) is 17.9. The van der Waals surface area contributed by atoms with Crippen molar-refractivity contribution in [1.29, 1.82) is 0 Å². The molecule has 0 spiro atoms. The van der Waals surface area contributed by atoms with Crippen molar-refractivity contribution < 1.29 is 9.53 Å². The smallest absolute Gasteiger partial charge is 0.266 e. The van der Waals surface area contributed by atoms with Crippen molar-refractivity contribution in [3.8, 4) is 11.4 Å². The zero-order valence-corrected chi connectivity index (χ0v) is 18.7. The summed E-state index contributed by atoms with van der Waals surface area (Å²) in [7, 11) is 1.56. The standard InChI is InChI=1S/C25H23N3O3S/c1-3-17-10-4-6-12-19(17)26-23(29)16-32-25-27-20-13-7-5-11-18(20)24(30)28(25)21-14-8-9-15-22(21)31-2/h4-15H,3,16H2,1-2H3,(H,26,29). The molecule has 0 saturated carbocycles. The Balaban J connectivity index is 1.70. The topological polar surface area (TPSA) is 73.2 Å². The first-order valence-corrected chi connectivity index (χ1v) is 11.3. The van der Waals surface area contributed by atoms with Crippen LogP contribution in [0.1, 0.15) is 12.5 Å². The third-order valence-corrected chi connectivity index (χ3v) is 6.01. The first-order chi connectivity index (χ1) is 15.6. The van der Waals surface area contributed by atoms with Crippen LogP contribution in [0.3, 0.4) is 0 Å². The first kappa shape index (κ1) is 21.6. The summed E-state index contributed by atoms with van der Waals surface area (Å²) in [5.74, 6) is 0.498. The molecule has 3 aromatic carbocycles. The minimum Gasteiger partial charge on any atom is -0.495 e. The lowest BCUT2D eigenvalue weighted by Gasteiger charge is -2.16. The number of anilines is 1. The van der Waals surface area contributed by atoms with Gasteiger partial charge in [0.2, 0.25) is 5.91 Å². The molecule has 0 aliphatic carbocycles. The number of methoxy groups -OCH3 is 1. The maximum absolute atomic E-state index is 13.4. The van der Waals surface area contributed by atoms with Gasteiger partial charge in [-0.05, 0) is 42.3 Å². The molecular weight excluding hydrogens is 422 g/mol. The predicted molar refractivity (Wildman–Crippen MR) is 129 cm³/mol. The fourth-order valence-corrected chi connectivity index (χ4v) is 4.31. The molecule has 0 bridgehead atoms. The molecule has 0 aliphatic rings. The molecule has 4 rings (SSSR count). The van der Waals surface area contributed by atoms with E-state index in [4.69, 9.17) is 9.72 Å². The summed E-state index contributed by atoms with van der Waals surface area (Å²) in [6, 6.07) is 22.2. The van der Waals surface area contributed by atoms with Gasteiger partial charge in [0, 0.05) is 5.69 Å². The van der Waals surface area contributed by atoms with Gasteiger partial charge in [-0.15, -0.1) is 0 Å². The number of para-hydroxylation sites is 4. The van der Waals surface area contributed by atoms with Crippen LogP contribution in [0.2, 0.25) is 0 Å². The summed E-state index contributed by atoms with van der Waals surface area (Å²) in [4.78, 5) is 30.8. The molecule has 1 amide bonds. The Morgan fingerprint density at radius 2 is 1.75 bits per heavy atom. The predicted octanol–water partition coefficient (Wildman–Crippen LogP) is 4.69. The van der Waals surface area contributed by atoms with Crippen molar-refractivity contribution in [3.63, 3.8) is 0 Å². The summed E-state index contributed by atoms with van der Waals surface area (Å²) in [5, 5.41) is 3.90. The number of nitrogens with one attached hydrogen (secondary N) is 1. The second-order valence-electron chi connectivity index (χ2n) is 7.07. The van der Waals surface area contributed by atoms with E-state index in [1.54, 1.807) is 31.4 Å². The number of carbonyl (C=O) groups excluding carboxylic acids is 1. The average molecular weight is 446 g/mol. The number of aromatic nitrogens is 2. The molecule has 0 saturated heterocycles. The minimum atomic E-state index is -0.209. The Kier molecular flexibility index (Phi) is 6.56. The molecule has 0 aliphatic heterocycles. The summed E-state index contributed by atoms with van der Waals surface area (Å²) in [6.07, 6.45) is 0.823. The number of benzene rings is 3. The van der Waals surface area contributed by atoms with Crippen molar-refractivity contribution in [2.75, 3.05) is 18.2 Å². The van der Waals surface area contributed by atoms with Crippen LogP contribution in [0.5, 0.6) is 5.75 Å². The molecule has 1 heterocycles. The molecule has 0 radical (unpaired) electrons. The molecule has 1 N–H and O–H groups in total. The van der Waals surface area contributed by atoms with E-state index < -0.39 is 0 Å². The van der Waals surface area contributed by atoms with E-state index >= 15 is 0 Å². The normalized spacial score (nSPS) is 10.8. The molecule has 1 aromatic heterocycles. The number of nitrogens with zero attached hydrogens (tertiary/aromatic N) is 2. The van der Waals surface area contributed by atoms with Crippen LogP contribution in [0.25, 0.3) is 16.6 Å². The van der Waals surface area contributed by atoms with Crippen LogP contribution in [-0.4, -0.2) is 28.3 Å². The number of aryl methyl sites for hydroxylation is 1. The third kappa shape index (κ3) is 4.38. The molecule has 32 heavy (non-hydrogen) atoms. The summed E-state index contributed by atoms with van der Waals surface area (Å²) in [6.45, 7) is 2.05. The Labute approximate surface area is 190 Å². The Hall–Kier alpha value is -3.58. The van der Waals surface area contributed by atoms with Gasteiger partial charge in [0.25, 0.3) is 5.56 Å². The minimum absolute atomic E-state index is 0.109. The fourth-order valence-electron chi connectivity index (χ4n) is 3.50. The van der Waals surface area contributed by atoms with Crippen molar-refractivity contribution in [2.24, 2.45) is 0 Å². The van der Waals surface area contributed by atoms with Gasteiger partial charge in [-0.2, -0.15) is 0 Å². The number of rotatable bonds is 7. The lowest BCUT2D eigenvalue weighted by Crippen LogP contribution is -2.23. The maximum Gasteiger partial charge on any atom is 0.266 e. The molecule has 6 nitrogen and oxygen atoms in total. The average Bonchev–Trinajstić information content (AvgIpc) is 2.83. The SMILES string of the molecule is CCc1ccccc1NC(=O)CSc1nc2ccccc2c(=O)n1-c1ccccc1OC. The van der Waals surface area contributed by atoms with E-state index in [1.165, 1.54) is 16.3 Å². The van der Waals surface area contributed by atoms with Gasteiger partial charge < -0.3 is 10.1 Å². The number of hydrogen-bond acceptors (Lipinski definition) is 5. The fraction of sp³-hybridized carbons (Fsp3) is 0.160. The molecule has 0 fully saturated rings. The molecule has 4 aromatic rings. The number of hydrogen-bond donors (Lipinski definition) is 1. The van der Waals surface area contributed by atoms with Crippen molar-refractivity contribution in [2.45, 2.75) is 18.5 Å². The Bertz CT molecular complexity index is 1330. The number of ether oxygens (including phenoxy) is 1. The molecule has 162 valence electrons. The Morgan fingerprint density at radius 1 is 1.03 bits per heavy atom. The monoisotopic (exact) mass is 445 g/mol. The van der Waals surface area contributed by atoms with E-state index in [0.717, 1.165) is 17.7 Å². The molecule has 0 unspecified atom stereocenters. The van der Waals surface area contributed by atoms with Gasteiger partial charge in [0.15, 0.2) is 5.16 Å². The van der Waals surface area contributed by atoms with Gasteiger partial charge in [-0.25, -0.2) is 4.98 Å². The largest absolute Gasteiger partial charge is 0.495 e. The van der Waals surface area contributed by atoms with E-state index in [9.17, 15) is 9.59 Å².